The number of amides is 1. The van der Waals surface area contributed by atoms with E-state index in [1.807, 2.05) is 45.9 Å². The van der Waals surface area contributed by atoms with Gasteiger partial charge in [-0.25, -0.2) is 4.79 Å². The SMILES string of the molecule is COc1cc2c(c3oc(=O)c(CCC(=O)NC(C)CCc4ccco4)c(C)c13)CCC(C)(C)O2. The van der Waals surface area contributed by atoms with E-state index in [2.05, 4.69) is 5.32 Å². The summed E-state index contributed by atoms with van der Waals surface area (Å²) in [5.74, 6) is 2.10. The molecule has 0 fully saturated rings. The fourth-order valence-electron chi connectivity index (χ4n) is 4.60. The van der Waals surface area contributed by atoms with Crippen LogP contribution in [0.5, 0.6) is 11.5 Å². The van der Waals surface area contributed by atoms with Gasteiger partial charge >= 0.3 is 5.63 Å². The second-order valence-electron chi connectivity index (χ2n) is 9.70. The van der Waals surface area contributed by atoms with E-state index in [1.165, 1.54) is 0 Å². The first-order valence-electron chi connectivity index (χ1n) is 11.9. The van der Waals surface area contributed by atoms with Crippen molar-refractivity contribution in [2.75, 3.05) is 7.11 Å². The van der Waals surface area contributed by atoms with Crippen molar-refractivity contribution in [3.8, 4) is 11.5 Å². The smallest absolute Gasteiger partial charge is 0.339 e. The molecule has 0 saturated carbocycles. The number of nitrogens with one attached hydrogen (secondary N) is 1. The second-order valence-corrected chi connectivity index (χ2v) is 9.70. The first kappa shape index (κ1) is 23.9. The predicted molar refractivity (Wildman–Crippen MR) is 130 cm³/mol. The molecule has 34 heavy (non-hydrogen) atoms. The van der Waals surface area contributed by atoms with Crippen molar-refractivity contribution in [3.63, 3.8) is 0 Å². The van der Waals surface area contributed by atoms with E-state index in [1.54, 1.807) is 13.4 Å². The Kier molecular flexibility index (Phi) is 6.73. The highest BCUT2D eigenvalue weighted by Gasteiger charge is 2.31. The largest absolute Gasteiger partial charge is 0.496 e. The van der Waals surface area contributed by atoms with E-state index in [0.717, 1.165) is 48.0 Å². The molecule has 1 atom stereocenters. The average Bonchev–Trinajstić information content (AvgIpc) is 3.29. The van der Waals surface area contributed by atoms with Crippen LogP contribution in [-0.2, 0) is 24.1 Å². The maximum absolute atomic E-state index is 12.9. The van der Waals surface area contributed by atoms with Gasteiger partial charge in [0.25, 0.3) is 0 Å². The Morgan fingerprint density at radius 1 is 1.29 bits per heavy atom. The highest BCUT2D eigenvalue weighted by atomic mass is 16.5. The van der Waals surface area contributed by atoms with Crippen LogP contribution in [0.3, 0.4) is 0 Å². The number of carbonyl (C=O) groups is 1. The van der Waals surface area contributed by atoms with Crippen LogP contribution in [0.4, 0.5) is 0 Å². The number of benzene rings is 1. The van der Waals surface area contributed by atoms with Gasteiger partial charge in [-0.15, -0.1) is 0 Å². The van der Waals surface area contributed by atoms with Gasteiger partial charge < -0.3 is 23.6 Å². The van der Waals surface area contributed by atoms with Crippen LogP contribution in [0.15, 0.2) is 38.1 Å². The molecule has 1 aliphatic rings. The fraction of sp³-hybridized carbons (Fsp3) is 0.481. The molecule has 1 unspecified atom stereocenters. The van der Waals surface area contributed by atoms with Gasteiger partial charge in [-0.3, -0.25) is 4.79 Å². The summed E-state index contributed by atoms with van der Waals surface area (Å²) in [6, 6.07) is 5.66. The van der Waals surface area contributed by atoms with E-state index >= 15 is 0 Å². The van der Waals surface area contributed by atoms with Crippen LogP contribution in [0.25, 0.3) is 11.0 Å². The molecule has 1 aromatic carbocycles. The number of rotatable bonds is 8. The number of hydrogen-bond donors (Lipinski definition) is 1. The lowest BCUT2D eigenvalue weighted by molar-refractivity contribution is -0.121. The number of ether oxygens (including phenoxy) is 2. The highest BCUT2D eigenvalue weighted by molar-refractivity contribution is 5.92. The van der Waals surface area contributed by atoms with Crippen LogP contribution < -0.4 is 20.4 Å². The molecule has 2 aromatic heterocycles. The number of hydrogen-bond acceptors (Lipinski definition) is 6. The Bertz CT molecular complexity index is 1240. The molecule has 4 rings (SSSR count). The fourth-order valence-corrected chi connectivity index (χ4v) is 4.60. The zero-order valence-electron chi connectivity index (χ0n) is 20.6. The predicted octanol–water partition coefficient (Wildman–Crippen LogP) is 4.88. The van der Waals surface area contributed by atoms with Gasteiger partial charge in [0, 0.05) is 36.1 Å². The van der Waals surface area contributed by atoms with Crippen LogP contribution in [0.2, 0.25) is 0 Å². The number of carbonyl (C=O) groups excluding carboxylic acids is 1. The van der Waals surface area contributed by atoms with E-state index in [-0.39, 0.29) is 24.0 Å². The molecule has 1 amide bonds. The molecule has 7 nitrogen and oxygen atoms in total. The zero-order valence-corrected chi connectivity index (χ0v) is 20.6. The average molecular weight is 468 g/mol. The molecule has 0 spiro atoms. The standard InChI is InChI=1S/C27H33NO6/c1-16(8-9-18-7-6-14-32-18)28-23(29)11-10-19-17(2)24-22(31-5)15-21-20(25(24)33-26(19)30)12-13-27(3,4)34-21/h6-7,14-16H,8-13H2,1-5H3,(H,28,29). The molecule has 0 bridgehead atoms. The number of methoxy groups -OCH3 is 1. The molecule has 0 aliphatic carbocycles. The van der Waals surface area contributed by atoms with Crippen molar-refractivity contribution in [1.29, 1.82) is 0 Å². The van der Waals surface area contributed by atoms with Crippen LogP contribution in [0, 0.1) is 6.92 Å². The van der Waals surface area contributed by atoms with E-state index in [4.69, 9.17) is 18.3 Å². The molecular formula is C27H33NO6. The van der Waals surface area contributed by atoms with E-state index in [0.29, 0.717) is 29.1 Å². The Morgan fingerprint density at radius 2 is 2.09 bits per heavy atom. The number of aryl methyl sites for hydroxylation is 3. The van der Waals surface area contributed by atoms with Gasteiger partial charge in [0.05, 0.1) is 18.8 Å². The van der Waals surface area contributed by atoms with Crippen molar-refractivity contribution in [3.05, 3.63) is 57.3 Å². The maximum Gasteiger partial charge on any atom is 0.339 e. The second kappa shape index (κ2) is 9.57. The molecule has 7 heteroatoms. The molecule has 0 radical (unpaired) electrons. The minimum Gasteiger partial charge on any atom is -0.496 e. The first-order chi connectivity index (χ1) is 16.2. The normalized spacial score (nSPS) is 15.4. The summed E-state index contributed by atoms with van der Waals surface area (Å²) >= 11 is 0. The Morgan fingerprint density at radius 3 is 2.79 bits per heavy atom. The maximum atomic E-state index is 12.9. The van der Waals surface area contributed by atoms with Crippen LogP contribution in [0.1, 0.15) is 62.5 Å². The Labute approximate surface area is 199 Å². The Hall–Kier alpha value is -3.22. The van der Waals surface area contributed by atoms with Crippen molar-refractivity contribution in [2.45, 2.75) is 77.9 Å². The molecule has 182 valence electrons. The third-order valence-corrected chi connectivity index (χ3v) is 6.57. The van der Waals surface area contributed by atoms with Gasteiger partial charge in [0.2, 0.25) is 5.91 Å². The summed E-state index contributed by atoms with van der Waals surface area (Å²) in [7, 11) is 1.59. The lowest BCUT2D eigenvalue weighted by Gasteiger charge is -2.33. The molecule has 1 N–H and O–H groups in total. The molecule has 1 aliphatic heterocycles. The lowest BCUT2D eigenvalue weighted by Crippen LogP contribution is -2.33. The van der Waals surface area contributed by atoms with Crippen molar-refractivity contribution < 1.29 is 23.1 Å². The summed E-state index contributed by atoms with van der Waals surface area (Å²) in [5, 5.41) is 3.78. The quantitative estimate of drug-likeness (QED) is 0.475. The summed E-state index contributed by atoms with van der Waals surface area (Å²) < 4.78 is 22.9. The van der Waals surface area contributed by atoms with Gasteiger partial charge in [-0.05, 0) is 71.1 Å². The van der Waals surface area contributed by atoms with Crippen molar-refractivity contribution in [1.82, 2.24) is 5.32 Å². The number of fused-ring (bicyclic) bond motifs is 3. The van der Waals surface area contributed by atoms with Crippen molar-refractivity contribution >= 4 is 16.9 Å². The summed E-state index contributed by atoms with van der Waals surface area (Å²) in [5.41, 5.74) is 2.00. The highest BCUT2D eigenvalue weighted by Crippen LogP contribution is 2.43. The molecule has 3 heterocycles. The zero-order chi connectivity index (χ0) is 24.5. The molecule has 0 saturated heterocycles. The Balaban J connectivity index is 1.52. The van der Waals surface area contributed by atoms with Gasteiger partial charge in [0.15, 0.2) is 0 Å². The van der Waals surface area contributed by atoms with Crippen LogP contribution in [-0.4, -0.2) is 24.7 Å². The summed E-state index contributed by atoms with van der Waals surface area (Å²) in [4.78, 5) is 25.5. The van der Waals surface area contributed by atoms with Gasteiger partial charge in [-0.2, -0.15) is 0 Å². The van der Waals surface area contributed by atoms with Crippen molar-refractivity contribution in [2.24, 2.45) is 0 Å². The first-order valence-corrected chi connectivity index (χ1v) is 11.9. The van der Waals surface area contributed by atoms with Gasteiger partial charge in [-0.1, -0.05) is 0 Å². The van der Waals surface area contributed by atoms with Crippen LogP contribution >= 0.6 is 0 Å². The topological polar surface area (TPSA) is 90.9 Å². The minimum atomic E-state index is -0.413. The third-order valence-electron chi connectivity index (χ3n) is 6.57. The summed E-state index contributed by atoms with van der Waals surface area (Å²) in [6.07, 6.45) is 5.25. The minimum absolute atomic E-state index is 0.00239. The van der Waals surface area contributed by atoms with Gasteiger partial charge in [0.1, 0.15) is 28.4 Å². The lowest BCUT2D eigenvalue weighted by atomic mass is 9.91. The van der Waals surface area contributed by atoms with E-state index < -0.39 is 5.63 Å². The van der Waals surface area contributed by atoms with E-state index in [9.17, 15) is 9.59 Å². The molecule has 3 aromatic rings. The number of furan rings is 1. The summed E-state index contributed by atoms with van der Waals surface area (Å²) in [6.45, 7) is 7.94. The molecular weight excluding hydrogens is 434 g/mol. The monoisotopic (exact) mass is 467 g/mol. The third kappa shape index (κ3) is 4.98.